The van der Waals surface area contributed by atoms with Gasteiger partial charge in [0, 0.05) is 11.6 Å². The molecule has 0 aliphatic heterocycles. The van der Waals surface area contributed by atoms with Crippen molar-refractivity contribution in [3.05, 3.63) is 77.9 Å². The van der Waals surface area contributed by atoms with Crippen molar-refractivity contribution in [3.8, 4) is 11.5 Å². The highest BCUT2D eigenvalue weighted by atomic mass is 16.5. The van der Waals surface area contributed by atoms with E-state index in [-0.39, 0.29) is 5.78 Å². The number of benzene rings is 2. The van der Waals surface area contributed by atoms with Gasteiger partial charge in [0.05, 0.1) is 7.11 Å². The van der Waals surface area contributed by atoms with E-state index >= 15 is 0 Å². The fraction of sp³-hybridized carbons (Fsp3) is 0.100. The monoisotopic (exact) mass is 322 g/mol. The summed E-state index contributed by atoms with van der Waals surface area (Å²) in [5.41, 5.74) is 2.42. The van der Waals surface area contributed by atoms with Gasteiger partial charge < -0.3 is 9.47 Å². The van der Waals surface area contributed by atoms with E-state index in [1.54, 1.807) is 37.5 Å². The maximum absolute atomic E-state index is 12.2. The molecule has 2 aromatic rings. The Morgan fingerprint density at radius 2 is 1.79 bits per heavy atom. The molecule has 24 heavy (non-hydrogen) atoms. The number of carbonyl (C=O) groups is 2. The van der Waals surface area contributed by atoms with Crippen LogP contribution in [0.5, 0.6) is 11.5 Å². The van der Waals surface area contributed by atoms with Crippen molar-refractivity contribution in [2.75, 3.05) is 7.11 Å². The Balaban J connectivity index is 2.07. The first-order valence-electron chi connectivity index (χ1n) is 7.35. The van der Waals surface area contributed by atoms with E-state index in [2.05, 4.69) is 6.58 Å². The Hall–Kier alpha value is -3.14. The third-order valence-corrected chi connectivity index (χ3v) is 3.37. The first-order chi connectivity index (χ1) is 11.5. The minimum Gasteiger partial charge on any atom is -0.496 e. The van der Waals surface area contributed by atoms with Crippen LogP contribution in [0.4, 0.5) is 0 Å². The molecule has 0 atom stereocenters. The fourth-order valence-corrected chi connectivity index (χ4v) is 2.12. The molecule has 0 heterocycles. The van der Waals surface area contributed by atoms with Gasteiger partial charge in [-0.15, -0.1) is 0 Å². The van der Waals surface area contributed by atoms with Gasteiger partial charge in [0.1, 0.15) is 11.5 Å². The number of allylic oxidation sites excluding steroid dienone is 1. The molecule has 0 saturated heterocycles. The summed E-state index contributed by atoms with van der Waals surface area (Å²) in [5.74, 6) is 0.503. The molecule has 0 amide bonds. The Morgan fingerprint density at radius 3 is 2.38 bits per heavy atom. The van der Waals surface area contributed by atoms with Crippen molar-refractivity contribution in [3.63, 3.8) is 0 Å². The fourth-order valence-electron chi connectivity index (χ4n) is 2.12. The molecule has 2 aromatic carbocycles. The molecule has 0 saturated carbocycles. The van der Waals surface area contributed by atoms with Gasteiger partial charge in [-0.05, 0) is 60.5 Å². The predicted octanol–water partition coefficient (Wildman–Crippen LogP) is 3.99. The minimum atomic E-state index is -0.538. The summed E-state index contributed by atoms with van der Waals surface area (Å²) in [6.07, 6.45) is 4.34. The molecule has 0 bridgehead atoms. The molecule has 0 radical (unpaired) electrons. The van der Waals surface area contributed by atoms with E-state index < -0.39 is 5.97 Å². The number of esters is 1. The smallest absolute Gasteiger partial charge is 0.335 e. The molecule has 0 N–H and O–H groups in total. The second kappa shape index (κ2) is 7.92. The molecule has 0 aliphatic rings. The Labute approximate surface area is 141 Å². The van der Waals surface area contributed by atoms with E-state index in [0.29, 0.717) is 11.3 Å². The largest absolute Gasteiger partial charge is 0.496 e. The topological polar surface area (TPSA) is 52.6 Å². The van der Waals surface area contributed by atoms with Crippen LogP contribution in [0.25, 0.3) is 6.08 Å². The van der Waals surface area contributed by atoms with Crippen LogP contribution in [0.1, 0.15) is 21.5 Å². The van der Waals surface area contributed by atoms with E-state index in [1.807, 2.05) is 25.1 Å². The molecule has 0 aliphatic carbocycles. The van der Waals surface area contributed by atoms with Crippen LogP contribution in [-0.4, -0.2) is 18.9 Å². The lowest BCUT2D eigenvalue weighted by Crippen LogP contribution is -2.03. The van der Waals surface area contributed by atoms with Crippen LogP contribution in [0.3, 0.4) is 0 Å². The van der Waals surface area contributed by atoms with Crippen LogP contribution in [-0.2, 0) is 4.79 Å². The predicted molar refractivity (Wildman–Crippen MR) is 93.4 cm³/mol. The first-order valence-corrected chi connectivity index (χ1v) is 7.35. The molecule has 4 heteroatoms. The minimum absolute atomic E-state index is 0.134. The third-order valence-electron chi connectivity index (χ3n) is 3.37. The van der Waals surface area contributed by atoms with Gasteiger partial charge >= 0.3 is 5.97 Å². The number of hydrogen-bond donors (Lipinski definition) is 0. The van der Waals surface area contributed by atoms with E-state index in [9.17, 15) is 9.59 Å². The lowest BCUT2D eigenvalue weighted by atomic mass is 10.1. The van der Waals surface area contributed by atoms with Crippen LogP contribution in [0, 0.1) is 6.92 Å². The first kappa shape index (κ1) is 17.2. The maximum atomic E-state index is 12.2. The number of methoxy groups -OCH3 is 1. The summed E-state index contributed by atoms with van der Waals surface area (Å²) in [6.45, 7) is 5.27. The Kier molecular flexibility index (Phi) is 5.68. The van der Waals surface area contributed by atoms with Gasteiger partial charge in [0.25, 0.3) is 0 Å². The van der Waals surface area contributed by atoms with Gasteiger partial charge in [-0.1, -0.05) is 18.7 Å². The SMILES string of the molecule is C=CC(=O)Oc1ccc(C(=O)/C=C/c2ccc(OC)c(C)c2)cc1. The van der Waals surface area contributed by atoms with Crippen molar-refractivity contribution in [1.82, 2.24) is 0 Å². The third kappa shape index (κ3) is 4.43. The zero-order chi connectivity index (χ0) is 17.5. The Morgan fingerprint density at radius 1 is 1.08 bits per heavy atom. The highest BCUT2D eigenvalue weighted by Crippen LogP contribution is 2.19. The van der Waals surface area contributed by atoms with E-state index in [0.717, 1.165) is 23.0 Å². The molecule has 0 fully saturated rings. The van der Waals surface area contributed by atoms with Crippen LogP contribution < -0.4 is 9.47 Å². The number of carbonyl (C=O) groups excluding carboxylic acids is 2. The summed E-state index contributed by atoms with van der Waals surface area (Å²) >= 11 is 0. The molecule has 4 nitrogen and oxygen atoms in total. The van der Waals surface area contributed by atoms with E-state index in [4.69, 9.17) is 9.47 Å². The molecule has 0 spiro atoms. The number of rotatable bonds is 6. The normalized spacial score (nSPS) is 10.4. The van der Waals surface area contributed by atoms with Crippen LogP contribution in [0.2, 0.25) is 0 Å². The second-order valence-electron chi connectivity index (χ2n) is 5.08. The standard InChI is InChI=1S/C20H18O4/c1-4-20(22)24-17-9-7-16(8-10-17)18(21)11-5-15-6-12-19(23-3)14(2)13-15/h4-13H,1H2,2-3H3/b11-5+. The van der Waals surface area contributed by atoms with Crippen molar-refractivity contribution in [2.24, 2.45) is 0 Å². The average Bonchev–Trinajstić information content (AvgIpc) is 2.60. The number of hydrogen-bond acceptors (Lipinski definition) is 4. The van der Waals surface area contributed by atoms with E-state index in [1.165, 1.54) is 6.08 Å². The summed E-state index contributed by atoms with van der Waals surface area (Å²) in [5, 5.41) is 0. The molecule has 122 valence electrons. The lowest BCUT2D eigenvalue weighted by Gasteiger charge is -2.04. The highest BCUT2D eigenvalue weighted by molar-refractivity contribution is 6.06. The van der Waals surface area contributed by atoms with Crippen molar-refractivity contribution < 1.29 is 19.1 Å². The van der Waals surface area contributed by atoms with Gasteiger partial charge in [0.15, 0.2) is 5.78 Å². The van der Waals surface area contributed by atoms with Crippen molar-refractivity contribution >= 4 is 17.8 Å². The summed E-state index contributed by atoms with van der Waals surface area (Å²) in [4.78, 5) is 23.3. The average molecular weight is 322 g/mol. The molecule has 0 unspecified atom stereocenters. The van der Waals surface area contributed by atoms with Gasteiger partial charge in [-0.2, -0.15) is 0 Å². The number of ketones is 1. The lowest BCUT2D eigenvalue weighted by molar-refractivity contribution is -0.128. The number of ether oxygens (including phenoxy) is 2. The van der Waals surface area contributed by atoms with Crippen molar-refractivity contribution in [1.29, 1.82) is 0 Å². The zero-order valence-electron chi connectivity index (χ0n) is 13.6. The Bertz CT molecular complexity index is 786. The summed E-state index contributed by atoms with van der Waals surface area (Å²) in [6, 6.07) is 12.0. The molecular formula is C20H18O4. The van der Waals surface area contributed by atoms with Crippen molar-refractivity contribution in [2.45, 2.75) is 6.92 Å². The van der Waals surface area contributed by atoms with Crippen LogP contribution >= 0.6 is 0 Å². The maximum Gasteiger partial charge on any atom is 0.335 e. The number of aryl methyl sites for hydroxylation is 1. The molecular weight excluding hydrogens is 304 g/mol. The summed E-state index contributed by atoms with van der Waals surface area (Å²) < 4.78 is 10.2. The summed E-state index contributed by atoms with van der Waals surface area (Å²) in [7, 11) is 1.62. The zero-order valence-corrected chi connectivity index (χ0v) is 13.6. The van der Waals surface area contributed by atoms with Gasteiger partial charge in [-0.3, -0.25) is 4.79 Å². The van der Waals surface area contributed by atoms with Gasteiger partial charge in [-0.25, -0.2) is 4.79 Å². The van der Waals surface area contributed by atoms with Gasteiger partial charge in [0.2, 0.25) is 0 Å². The quantitative estimate of drug-likeness (QED) is 0.349. The molecule has 2 rings (SSSR count). The highest BCUT2D eigenvalue weighted by Gasteiger charge is 2.04. The molecule has 0 aromatic heterocycles. The van der Waals surface area contributed by atoms with Crippen LogP contribution in [0.15, 0.2) is 61.2 Å². The second-order valence-corrected chi connectivity index (χ2v) is 5.08.